The van der Waals surface area contributed by atoms with Crippen LogP contribution in [0.1, 0.15) is 25.7 Å². The van der Waals surface area contributed by atoms with E-state index in [1.165, 1.54) is 0 Å². The first-order valence-electron chi connectivity index (χ1n) is 6.46. The van der Waals surface area contributed by atoms with Gasteiger partial charge in [0.1, 0.15) is 11.6 Å². The fraction of sp³-hybridized carbons (Fsp3) is 0.667. The van der Waals surface area contributed by atoms with Gasteiger partial charge in [-0.1, -0.05) is 0 Å². The van der Waals surface area contributed by atoms with Gasteiger partial charge in [0, 0.05) is 39.1 Å². The average Bonchev–Trinajstić information content (AvgIpc) is 2.89. The van der Waals surface area contributed by atoms with E-state index >= 15 is 0 Å². The molecule has 1 saturated heterocycles. The van der Waals surface area contributed by atoms with Crippen LogP contribution in [0.5, 0.6) is 0 Å². The average molecular weight is 249 g/mol. The number of nitrogens with zero attached hydrogens (tertiary/aromatic N) is 3. The number of fused-ring (bicyclic) bond motifs is 1. The molecule has 18 heavy (non-hydrogen) atoms. The lowest BCUT2D eigenvalue weighted by Crippen LogP contribution is -2.53. The van der Waals surface area contributed by atoms with Gasteiger partial charge in [-0.25, -0.2) is 4.98 Å². The Morgan fingerprint density at radius 1 is 1.50 bits per heavy atom. The van der Waals surface area contributed by atoms with Crippen LogP contribution in [0, 0.1) is 0 Å². The quantitative estimate of drug-likeness (QED) is 0.746. The molecule has 2 aliphatic heterocycles. The molecular weight excluding hydrogens is 230 g/mol. The van der Waals surface area contributed by atoms with Crippen molar-refractivity contribution in [2.45, 2.75) is 32.5 Å². The maximum Gasteiger partial charge on any atom is 0.219 e. The first-order chi connectivity index (χ1) is 8.65. The van der Waals surface area contributed by atoms with E-state index in [4.69, 9.17) is 0 Å². The van der Waals surface area contributed by atoms with Gasteiger partial charge in [-0.3, -0.25) is 4.79 Å². The second-order valence-corrected chi connectivity index (χ2v) is 5.12. The Kier molecular flexibility index (Phi) is 2.74. The first-order valence-corrected chi connectivity index (χ1v) is 6.46. The van der Waals surface area contributed by atoms with Crippen LogP contribution >= 0.6 is 0 Å². The van der Waals surface area contributed by atoms with E-state index in [1.54, 1.807) is 6.92 Å². The van der Waals surface area contributed by atoms with Crippen LogP contribution in [-0.4, -0.2) is 46.0 Å². The third-order valence-corrected chi connectivity index (χ3v) is 3.67. The first kappa shape index (κ1) is 11.5. The number of rotatable bonds is 1. The zero-order valence-corrected chi connectivity index (χ0v) is 10.8. The molecule has 1 aromatic heterocycles. The van der Waals surface area contributed by atoms with Crippen molar-refractivity contribution in [3.63, 3.8) is 0 Å². The van der Waals surface area contributed by atoms with E-state index in [0.717, 1.165) is 31.3 Å². The van der Waals surface area contributed by atoms with Crippen molar-refractivity contribution in [2.24, 2.45) is 0 Å². The van der Waals surface area contributed by atoms with Gasteiger partial charge in [0.2, 0.25) is 5.91 Å². The van der Waals surface area contributed by atoms with Gasteiger partial charge in [-0.05, 0) is 6.92 Å². The monoisotopic (exact) mass is 249 g/mol. The predicted octanol–water partition coefficient (Wildman–Crippen LogP) is 0.190. The molecule has 0 radical (unpaired) electrons. The van der Waals surface area contributed by atoms with Crippen molar-refractivity contribution in [1.29, 1.82) is 0 Å². The minimum absolute atomic E-state index is 0.131. The van der Waals surface area contributed by atoms with Crippen LogP contribution in [-0.2, 0) is 11.3 Å². The molecule has 6 heteroatoms. The summed E-state index contributed by atoms with van der Waals surface area (Å²) in [6.45, 7) is 7.13. The summed E-state index contributed by atoms with van der Waals surface area (Å²) in [4.78, 5) is 17.9. The molecule has 2 unspecified atom stereocenters. The molecule has 1 aromatic rings. The van der Waals surface area contributed by atoms with Crippen molar-refractivity contribution >= 4 is 11.7 Å². The predicted molar refractivity (Wildman–Crippen MR) is 68.3 cm³/mol. The van der Waals surface area contributed by atoms with Crippen LogP contribution in [0.3, 0.4) is 0 Å². The SMILES string of the molecule is CC(=O)N1CC(C)NC(c2ncc3n2CCN3)C1. The van der Waals surface area contributed by atoms with Gasteiger partial charge in [0.15, 0.2) is 0 Å². The summed E-state index contributed by atoms with van der Waals surface area (Å²) in [6.07, 6.45) is 1.88. The molecule has 2 atom stereocenters. The molecule has 0 aliphatic carbocycles. The number of carbonyl (C=O) groups excluding carboxylic acids is 1. The van der Waals surface area contributed by atoms with Crippen molar-refractivity contribution < 1.29 is 4.79 Å². The summed E-state index contributed by atoms with van der Waals surface area (Å²) < 4.78 is 2.20. The van der Waals surface area contributed by atoms with Gasteiger partial charge >= 0.3 is 0 Å². The Balaban J connectivity index is 1.84. The maximum atomic E-state index is 11.6. The summed E-state index contributed by atoms with van der Waals surface area (Å²) in [5.74, 6) is 2.26. The largest absolute Gasteiger partial charge is 0.368 e. The molecule has 1 fully saturated rings. The number of imidazole rings is 1. The Morgan fingerprint density at radius 2 is 2.33 bits per heavy atom. The molecule has 0 saturated carbocycles. The molecule has 0 spiro atoms. The topological polar surface area (TPSA) is 62.2 Å². The van der Waals surface area contributed by atoms with E-state index in [0.29, 0.717) is 12.6 Å². The van der Waals surface area contributed by atoms with Crippen LogP contribution in [0.15, 0.2) is 6.20 Å². The molecule has 3 rings (SSSR count). The molecule has 3 heterocycles. The Hall–Kier alpha value is -1.56. The third-order valence-electron chi connectivity index (χ3n) is 3.67. The van der Waals surface area contributed by atoms with Gasteiger partial charge < -0.3 is 20.1 Å². The maximum absolute atomic E-state index is 11.6. The van der Waals surface area contributed by atoms with Gasteiger partial charge in [0.05, 0.1) is 12.2 Å². The minimum atomic E-state index is 0.131. The summed E-state index contributed by atoms with van der Waals surface area (Å²) in [7, 11) is 0. The smallest absolute Gasteiger partial charge is 0.219 e. The lowest BCUT2D eigenvalue weighted by molar-refractivity contribution is -0.130. The standard InChI is InChI=1S/C12H19N5O/c1-8-6-16(9(2)18)7-10(15-8)12-14-5-11-13-3-4-17(11)12/h5,8,10,13,15H,3-4,6-7H2,1-2H3. The van der Waals surface area contributed by atoms with Crippen molar-refractivity contribution in [3.8, 4) is 0 Å². The highest BCUT2D eigenvalue weighted by Crippen LogP contribution is 2.24. The minimum Gasteiger partial charge on any atom is -0.368 e. The normalized spacial score (nSPS) is 26.9. The zero-order chi connectivity index (χ0) is 12.7. The van der Waals surface area contributed by atoms with E-state index in [9.17, 15) is 4.79 Å². The number of hydrogen-bond acceptors (Lipinski definition) is 4. The molecule has 6 nitrogen and oxygen atoms in total. The molecule has 2 aliphatic rings. The number of nitrogens with one attached hydrogen (secondary N) is 2. The van der Waals surface area contributed by atoms with Gasteiger partial charge in [0.25, 0.3) is 0 Å². The molecule has 1 amide bonds. The van der Waals surface area contributed by atoms with E-state index in [-0.39, 0.29) is 11.9 Å². The Bertz CT molecular complexity index is 469. The highest BCUT2D eigenvalue weighted by molar-refractivity contribution is 5.73. The molecule has 0 bridgehead atoms. The number of anilines is 1. The van der Waals surface area contributed by atoms with Crippen LogP contribution in [0.2, 0.25) is 0 Å². The van der Waals surface area contributed by atoms with E-state index in [1.807, 2.05) is 11.1 Å². The third kappa shape index (κ3) is 1.86. The van der Waals surface area contributed by atoms with E-state index < -0.39 is 0 Å². The molecule has 0 aromatic carbocycles. The van der Waals surface area contributed by atoms with Crippen molar-refractivity contribution in [2.75, 3.05) is 25.0 Å². The fourth-order valence-corrected chi connectivity index (χ4v) is 2.83. The van der Waals surface area contributed by atoms with Gasteiger partial charge in [-0.2, -0.15) is 0 Å². The number of piperazine rings is 1. The second kappa shape index (κ2) is 4.28. The highest BCUT2D eigenvalue weighted by Gasteiger charge is 2.30. The van der Waals surface area contributed by atoms with Crippen molar-refractivity contribution in [3.05, 3.63) is 12.0 Å². The van der Waals surface area contributed by atoms with Gasteiger partial charge in [-0.15, -0.1) is 0 Å². The lowest BCUT2D eigenvalue weighted by Gasteiger charge is -2.36. The fourth-order valence-electron chi connectivity index (χ4n) is 2.83. The van der Waals surface area contributed by atoms with Crippen LogP contribution in [0.25, 0.3) is 0 Å². The summed E-state index contributed by atoms with van der Waals surface area (Å²) in [5, 5.41) is 6.83. The molecule has 98 valence electrons. The summed E-state index contributed by atoms with van der Waals surface area (Å²) in [5.41, 5.74) is 0. The zero-order valence-electron chi connectivity index (χ0n) is 10.8. The number of amides is 1. The molecular formula is C12H19N5O. The number of hydrogen-bond donors (Lipinski definition) is 2. The van der Waals surface area contributed by atoms with E-state index in [2.05, 4.69) is 27.1 Å². The highest BCUT2D eigenvalue weighted by atomic mass is 16.2. The van der Waals surface area contributed by atoms with Crippen LogP contribution in [0.4, 0.5) is 5.82 Å². The second-order valence-electron chi connectivity index (χ2n) is 5.12. The van der Waals surface area contributed by atoms with Crippen LogP contribution < -0.4 is 10.6 Å². The van der Waals surface area contributed by atoms with Crippen molar-refractivity contribution in [1.82, 2.24) is 19.8 Å². The number of aromatic nitrogens is 2. The summed E-state index contributed by atoms with van der Waals surface area (Å²) in [6, 6.07) is 0.432. The lowest BCUT2D eigenvalue weighted by atomic mass is 10.1. The Labute approximate surface area is 106 Å². The Morgan fingerprint density at radius 3 is 3.11 bits per heavy atom. The molecule has 2 N–H and O–H groups in total. The summed E-state index contributed by atoms with van der Waals surface area (Å²) >= 11 is 0. The number of carbonyl (C=O) groups is 1.